The van der Waals surface area contributed by atoms with Gasteiger partial charge in [0.05, 0.1) is 17.8 Å². The minimum atomic E-state index is -0.390. The van der Waals surface area contributed by atoms with E-state index in [0.717, 1.165) is 30.5 Å². The van der Waals surface area contributed by atoms with Crippen molar-refractivity contribution in [3.63, 3.8) is 0 Å². The number of halogens is 1. The number of carbonyl (C=O) groups excluding carboxylic acids is 1. The van der Waals surface area contributed by atoms with Gasteiger partial charge in [-0.15, -0.1) is 5.11 Å². The average Bonchev–Trinajstić information content (AvgIpc) is 3.08. The summed E-state index contributed by atoms with van der Waals surface area (Å²) in [5, 5.41) is 10.3. The first-order valence-electron chi connectivity index (χ1n) is 10.3. The minimum Gasteiger partial charge on any atom is -0.461 e. The minimum absolute atomic E-state index is 0.296. The molecule has 158 valence electrons. The Hall–Kier alpha value is -2.70. The number of rotatable bonds is 9. The third kappa shape index (κ3) is 4.89. The molecule has 7 heteroatoms. The molecule has 0 saturated heterocycles. The number of aromatic nitrogens is 1. The number of hydrogen-bond acceptors (Lipinski definition) is 5. The molecule has 3 rings (SSSR count). The quantitative estimate of drug-likeness (QED) is 0.301. The summed E-state index contributed by atoms with van der Waals surface area (Å²) >= 11 is 5.96. The zero-order valence-electron chi connectivity index (χ0n) is 17.6. The highest BCUT2D eigenvalue weighted by Gasteiger charge is 2.24. The molecule has 30 heavy (non-hydrogen) atoms. The summed E-state index contributed by atoms with van der Waals surface area (Å²) in [6.45, 7) is 9.75. The maximum atomic E-state index is 12.9. The highest BCUT2D eigenvalue weighted by molar-refractivity contribution is 6.30. The van der Waals surface area contributed by atoms with Crippen molar-refractivity contribution in [2.75, 3.05) is 26.2 Å². The molecular formula is C23H27ClN4O2. The molecule has 3 aromatic rings. The standard InChI is InChI=1S/C23H27ClN4O2/c1-4-27(5-2)15-16-28-20-10-8-7-9-19(20)21(22(28)23(29)30-6-3)26-25-18-13-11-17(24)12-14-18/h7-14H,4-6,15-16H2,1-3H3. The SMILES string of the molecule is CCOC(=O)c1c(N=Nc2ccc(Cl)cc2)c2ccccc2n1CCN(CC)CC. The van der Waals surface area contributed by atoms with Gasteiger partial charge in [-0.3, -0.25) is 0 Å². The molecule has 0 radical (unpaired) electrons. The summed E-state index contributed by atoms with van der Waals surface area (Å²) in [4.78, 5) is 15.2. The van der Waals surface area contributed by atoms with Gasteiger partial charge in [-0.25, -0.2) is 4.79 Å². The van der Waals surface area contributed by atoms with E-state index in [1.54, 1.807) is 31.2 Å². The highest BCUT2D eigenvalue weighted by Crippen LogP contribution is 2.35. The van der Waals surface area contributed by atoms with Crippen LogP contribution >= 0.6 is 11.6 Å². The predicted octanol–water partition coefficient (Wildman–Crippen LogP) is 6.23. The van der Waals surface area contributed by atoms with Gasteiger partial charge in [0.25, 0.3) is 0 Å². The number of ether oxygens (including phenoxy) is 1. The molecule has 0 spiro atoms. The van der Waals surface area contributed by atoms with Crippen molar-refractivity contribution in [1.29, 1.82) is 0 Å². The molecule has 0 bridgehead atoms. The number of likely N-dealkylation sites (N-methyl/N-ethyl adjacent to an activating group) is 1. The molecule has 2 aromatic carbocycles. The molecule has 0 unspecified atom stereocenters. The second-order valence-corrected chi connectivity index (χ2v) is 7.23. The van der Waals surface area contributed by atoms with E-state index in [1.807, 2.05) is 28.8 Å². The Morgan fingerprint density at radius 2 is 1.73 bits per heavy atom. The van der Waals surface area contributed by atoms with Gasteiger partial charge in [-0.05, 0) is 50.3 Å². The monoisotopic (exact) mass is 426 g/mol. The zero-order chi connectivity index (χ0) is 21.5. The number of fused-ring (bicyclic) bond motifs is 1. The molecule has 0 aliphatic heterocycles. The van der Waals surface area contributed by atoms with Gasteiger partial charge < -0.3 is 14.2 Å². The van der Waals surface area contributed by atoms with Crippen molar-refractivity contribution in [3.05, 3.63) is 59.2 Å². The van der Waals surface area contributed by atoms with Crippen molar-refractivity contribution in [3.8, 4) is 0 Å². The zero-order valence-corrected chi connectivity index (χ0v) is 18.4. The third-order valence-corrected chi connectivity index (χ3v) is 5.29. The maximum Gasteiger partial charge on any atom is 0.357 e. The van der Waals surface area contributed by atoms with Crippen LogP contribution in [-0.2, 0) is 11.3 Å². The molecule has 1 aromatic heterocycles. The Labute approximate surface area is 182 Å². The molecule has 0 aliphatic carbocycles. The van der Waals surface area contributed by atoms with Crippen LogP contribution in [0.15, 0.2) is 58.8 Å². The molecule has 0 N–H and O–H groups in total. The van der Waals surface area contributed by atoms with Crippen LogP contribution in [0.4, 0.5) is 11.4 Å². The molecule has 0 saturated carbocycles. The maximum absolute atomic E-state index is 12.9. The second-order valence-electron chi connectivity index (χ2n) is 6.79. The summed E-state index contributed by atoms with van der Waals surface area (Å²) in [7, 11) is 0. The lowest BCUT2D eigenvalue weighted by molar-refractivity contribution is 0.0514. The molecule has 1 heterocycles. The van der Waals surface area contributed by atoms with E-state index in [9.17, 15) is 4.79 Å². The van der Waals surface area contributed by atoms with Crippen LogP contribution < -0.4 is 0 Å². The largest absolute Gasteiger partial charge is 0.461 e. The fraction of sp³-hybridized carbons (Fsp3) is 0.348. The second kappa shape index (κ2) is 10.4. The number of esters is 1. The number of nitrogens with zero attached hydrogens (tertiary/aromatic N) is 4. The van der Waals surface area contributed by atoms with Crippen LogP contribution in [0.3, 0.4) is 0 Å². The normalized spacial score (nSPS) is 11.6. The number of para-hydroxylation sites is 1. The van der Waals surface area contributed by atoms with Crippen molar-refractivity contribution in [2.45, 2.75) is 27.3 Å². The number of carbonyl (C=O) groups is 1. The Morgan fingerprint density at radius 3 is 2.40 bits per heavy atom. The van der Waals surface area contributed by atoms with Crippen molar-refractivity contribution < 1.29 is 9.53 Å². The smallest absolute Gasteiger partial charge is 0.357 e. The topological polar surface area (TPSA) is 59.2 Å². The summed E-state index contributed by atoms with van der Waals surface area (Å²) in [6.07, 6.45) is 0. The van der Waals surface area contributed by atoms with Crippen LogP contribution in [0, 0.1) is 0 Å². The van der Waals surface area contributed by atoms with Gasteiger partial charge in [0, 0.05) is 23.5 Å². The van der Waals surface area contributed by atoms with Gasteiger partial charge in [0.2, 0.25) is 0 Å². The van der Waals surface area contributed by atoms with E-state index in [4.69, 9.17) is 16.3 Å². The molecule has 6 nitrogen and oxygen atoms in total. The Morgan fingerprint density at radius 1 is 1.03 bits per heavy atom. The van der Waals surface area contributed by atoms with E-state index in [-0.39, 0.29) is 0 Å². The summed E-state index contributed by atoms with van der Waals surface area (Å²) in [5.41, 5.74) is 2.56. The van der Waals surface area contributed by atoms with Gasteiger partial charge in [-0.1, -0.05) is 43.6 Å². The lowest BCUT2D eigenvalue weighted by Gasteiger charge is -2.19. The van der Waals surface area contributed by atoms with Crippen molar-refractivity contribution in [2.24, 2.45) is 10.2 Å². The molecule has 0 amide bonds. The van der Waals surface area contributed by atoms with Crippen LogP contribution in [-0.4, -0.2) is 41.7 Å². The summed E-state index contributed by atoms with van der Waals surface area (Å²) in [5.74, 6) is -0.390. The number of benzene rings is 2. The summed E-state index contributed by atoms with van der Waals surface area (Å²) < 4.78 is 7.38. The number of hydrogen-bond donors (Lipinski definition) is 0. The first kappa shape index (κ1) is 22.0. The van der Waals surface area contributed by atoms with E-state index in [0.29, 0.717) is 35.2 Å². The third-order valence-electron chi connectivity index (χ3n) is 5.04. The molecule has 0 atom stereocenters. The lowest BCUT2D eigenvalue weighted by Crippen LogP contribution is -2.28. The predicted molar refractivity (Wildman–Crippen MR) is 121 cm³/mol. The summed E-state index contributed by atoms with van der Waals surface area (Å²) in [6, 6.07) is 15.0. The van der Waals surface area contributed by atoms with E-state index in [1.165, 1.54) is 0 Å². The molecular weight excluding hydrogens is 400 g/mol. The van der Waals surface area contributed by atoms with Crippen molar-refractivity contribution in [1.82, 2.24) is 9.47 Å². The van der Waals surface area contributed by atoms with Crippen LogP contribution in [0.5, 0.6) is 0 Å². The van der Waals surface area contributed by atoms with Crippen LogP contribution in [0.2, 0.25) is 5.02 Å². The van der Waals surface area contributed by atoms with Gasteiger partial charge >= 0.3 is 5.97 Å². The molecule has 0 aliphatic rings. The Balaban J connectivity index is 2.10. The van der Waals surface area contributed by atoms with E-state index >= 15 is 0 Å². The van der Waals surface area contributed by atoms with Crippen LogP contribution in [0.1, 0.15) is 31.3 Å². The number of azo groups is 1. The van der Waals surface area contributed by atoms with Gasteiger partial charge in [0.15, 0.2) is 5.69 Å². The highest BCUT2D eigenvalue weighted by atomic mass is 35.5. The first-order chi connectivity index (χ1) is 14.6. The fourth-order valence-electron chi connectivity index (χ4n) is 3.42. The van der Waals surface area contributed by atoms with E-state index < -0.39 is 5.97 Å². The molecule has 0 fully saturated rings. The lowest BCUT2D eigenvalue weighted by atomic mass is 10.2. The Bertz CT molecular complexity index is 1020. The van der Waals surface area contributed by atoms with Gasteiger partial charge in [-0.2, -0.15) is 5.11 Å². The average molecular weight is 427 g/mol. The van der Waals surface area contributed by atoms with E-state index in [2.05, 4.69) is 29.0 Å². The van der Waals surface area contributed by atoms with Crippen LogP contribution in [0.25, 0.3) is 10.9 Å². The first-order valence-corrected chi connectivity index (χ1v) is 10.6. The Kier molecular flexibility index (Phi) is 7.60. The fourth-order valence-corrected chi connectivity index (χ4v) is 3.55. The van der Waals surface area contributed by atoms with Gasteiger partial charge in [0.1, 0.15) is 5.69 Å². The van der Waals surface area contributed by atoms with Crippen molar-refractivity contribution >= 4 is 39.8 Å².